The summed E-state index contributed by atoms with van der Waals surface area (Å²) >= 11 is 0. The molecule has 20 heavy (non-hydrogen) atoms. The zero-order valence-corrected chi connectivity index (χ0v) is 11.8. The van der Waals surface area contributed by atoms with Crippen LogP contribution in [0.15, 0.2) is 12.4 Å². The minimum Gasteiger partial charge on any atom is -0.478 e. The molecule has 0 aliphatic carbocycles. The first kappa shape index (κ1) is 14.6. The van der Waals surface area contributed by atoms with Crippen LogP contribution in [0.25, 0.3) is 0 Å². The molecule has 1 aromatic rings. The van der Waals surface area contributed by atoms with Crippen molar-refractivity contribution in [2.75, 3.05) is 13.1 Å². The number of piperidine rings is 1. The van der Waals surface area contributed by atoms with Gasteiger partial charge in [-0.25, -0.2) is 4.79 Å². The molecule has 0 atom stereocenters. The van der Waals surface area contributed by atoms with Gasteiger partial charge in [0.2, 0.25) is 5.91 Å². The van der Waals surface area contributed by atoms with E-state index in [1.165, 1.54) is 6.20 Å². The highest BCUT2D eigenvalue weighted by atomic mass is 16.4. The van der Waals surface area contributed by atoms with Crippen molar-refractivity contribution in [1.29, 1.82) is 0 Å². The average molecular weight is 279 g/mol. The number of aromatic carboxylic acids is 1. The van der Waals surface area contributed by atoms with Gasteiger partial charge in [0.25, 0.3) is 0 Å². The van der Waals surface area contributed by atoms with Crippen LogP contribution in [0.3, 0.4) is 0 Å². The summed E-state index contributed by atoms with van der Waals surface area (Å²) < 4.78 is 1.72. The Morgan fingerprint density at radius 1 is 1.40 bits per heavy atom. The number of hydrogen-bond donors (Lipinski definition) is 1. The van der Waals surface area contributed by atoms with Gasteiger partial charge in [-0.2, -0.15) is 5.10 Å². The maximum atomic E-state index is 11.9. The van der Waals surface area contributed by atoms with Crippen molar-refractivity contribution in [3.63, 3.8) is 0 Å². The Kier molecular flexibility index (Phi) is 4.76. The molecule has 0 radical (unpaired) electrons. The molecule has 1 saturated heterocycles. The van der Waals surface area contributed by atoms with E-state index in [2.05, 4.69) is 12.0 Å². The molecule has 1 aliphatic rings. The van der Waals surface area contributed by atoms with Gasteiger partial charge in [0.05, 0.1) is 17.8 Å². The number of nitrogens with zero attached hydrogens (tertiary/aromatic N) is 3. The van der Waals surface area contributed by atoms with Crippen molar-refractivity contribution in [3.8, 4) is 0 Å². The third-order valence-corrected chi connectivity index (χ3v) is 3.78. The molecule has 1 amide bonds. The maximum Gasteiger partial charge on any atom is 0.338 e. The Morgan fingerprint density at radius 2 is 2.10 bits per heavy atom. The molecule has 2 rings (SSSR count). The van der Waals surface area contributed by atoms with Gasteiger partial charge in [0.1, 0.15) is 0 Å². The lowest BCUT2D eigenvalue weighted by molar-refractivity contribution is -0.132. The first-order chi connectivity index (χ1) is 9.61. The Morgan fingerprint density at radius 3 is 2.65 bits per heavy atom. The quantitative estimate of drug-likeness (QED) is 0.893. The lowest BCUT2D eigenvalue weighted by Crippen LogP contribution is -2.39. The van der Waals surface area contributed by atoms with E-state index in [0.29, 0.717) is 6.42 Å². The van der Waals surface area contributed by atoms with Crippen LogP contribution in [0.2, 0.25) is 0 Å². The first-order valence-electron chi connectivity index (χ1n) is 7.17. The van der Waals surface area contributed by atoms with Crippen molar-refractivity contribution in [2.24, 2.45) is 0 Å². The fraction of sp³-hybridized carbons (Fsp3) is 0.643. The van der Waals surface area contributed by atoms with Gasteiger partial charge in [0.15, 0.2) is 0 Å². The predicted molar refractivity (Wildman–Crippen MR) is 73.6 cm³/mol. The summed E-state index contributed by atoms with van der Waals surface area (Å²) in [5.41, 5.74) is 0.214. The Hall–Kier alpha value is -1.85. The number of carbonyl (C=O) groups is 2. The summed E-state index contributed by atoms with van der Waals surface area (Å²) in [6.07, 6.45) is 7.22. The van der Waals surface area contributed by atoms with E-state index in [0.717, 1.165) is 38.8 Å². The molecule has 6 heteroatoms. The summed E-state index contributed by atoms with van der Waals surface area (Å²) in [6.45, 7) is 3.54. The number of hydrogen-bond acceptors (Lipinski definition) is 3. The number of amides is 1. The summed E-state index contributed by atoms with van der Waals surface area (Å²) in [5, 5.41) is 13.0. The fourth-order valence-electron chi connectivity index (χ4n) is 2.51. The Bertz CT molecular complexity index is 476. The van der Waals surface area contributed by atoms with E-state index in [-0.39, 0.29) is 17.5 Å². The molecule has 6 nitrogen and oxygen atoms in total. The minimum atomic E-state index is -0.955. The summed E-state index contributed by atoms with van der Waals surface area (Å²) in [6, 6.07) is 0.193. The van der Waals surface area contributed by atoms with Crippen LogP contribution in [0.5, 0.6) is 0 Å². The van der Waals surface area contributed by atoms with Crippen LogP contribution in [0.1, 0.15) is 55.4 Å². The largest absolute Gasteiger partial charge is 0.478 e. The number of carboxylic acids is 1. The minimum absolute atomic E-state index is 0.193. The van der Waals surface area contributed by atoms with Gasteiger partial charge < -0.3 is 10.0 Å². The van der Waals surface area contributed by atoms with Crippen LogP contribution in [-0.2, 0) is 4.79 Å². The fourth-order valence-corrected chi connectivity index (χ4v) is 2.51. The van der Waals surface area contributed by atoms with Crippen molar-refractivity contribution in [2.45, 2.75) is 45.1 Å². The highest BCUT2D eigenvalue weighted by Crippen LogP contribution is 2.22. The second-order valence-electron chi connectivity index (χ2n) is 5.23. The van der Waals surface area contributed by atoms with Gasteiger partial charge >= 0.3 is 5.97 Å². The van der Waals surface area contributed by atoms with Crippen LogP contribution in [0, 0.1) is 0 Å². The van der Waals surface area contributed by atoms with Crippen LogP contribution in [-0.4, -0.2) is 44.8 Å². The van der Waals surface area contributed by atoms with E-state index < -0.39 is 5.97 Å². The molecule has 1 N–H and O–H groups in total. The van der Waals surface area contributed by atoms with Crippen LogP contribution in [0.4, 0.5) is 0 Å². The molecule has 0 aromatic carbocycles. The lowest BCUT2D eigenvalue weighted by atomic mass is 10.0. The summed E-state index contributed by atoms with van der Waals surface area (Å²) in [5.74, 6) is -0.722. The number of likely N-dealkylation sites (tertiary alicyclic amines) is 1. The predicted octanol–water partition coefficient (Wildman–Crippen LogP) is 1.94. The normalized spacial score (nSPS) is 16.4. The monoisotopic (exact) mass is 279 g/mol. The van der Waals surface area contributed by atoms with Gasteiger partial charge in [-0.3, -0.25) is 9.48 Å². The molecule has 0 saturated carbocycles. The highest BCUT2D eigenvalue weighted by Gasteiger charge is 2.24. The summed E-state index contributed by atoms with van der Waals surface area (Å²) in [7, 11) is 0. The molecule has 1 fully saturated rings. The van der Waals surface area contributed by atoms with Crippen LogP contribution < -0.4 is 0 Å². The number of carboxylic acid groups (broad SMARTS) is 1. The standard InChI is InChI=1S/C14H21N3O3/c1-2-3-4-13(18)16-7-5-12(6-8-16)17-10-11(9-15-17)14(19)20/h9-10,12H,2-8H2,1H3,(H,19,20). The Labute approximate surface area is 118 Å². The molecular weight excluding hydrogens is 258 g/mol. The zero-order chi connectivity index (χ0) is 14.5. The highest BCUT2D eigenvalue weighted by molar-refractivity contribution is 5.86. The third kappa shape index (κ3) is 3.37. The number of rotatable bonds is 5. The maximum absolute atomic E-state index is 11.9. The number of unbranched alkanes of at least 4 members (excludes halogenated alkanes) is 1. The van der Waals surface area contributed by atoms with E-state index in [9.17, 15) is 9.59 Å². The SMILES string of the molecule is CCCCC(=O)N1CCC(n2cc(C(=O)O)cn2)CC1. The van der Waals surface area contributed by atoms with Gasteiger partial charge in [-0.15, -0.1) is 0 Å². The van der Waals surface area contributed by atoms with E-state index in [4.69, 9.17) is 5.11 Å². The van der Waals surface area contributed by atoms with Crippen molar-refractivity contribution in [3.05, 3.63) is 18.0 Å². The van der Waals surface area contributed by atoms with Gasteiger partial charge in [0, 0.05) is 25.7 Å². The molecule has 2 heterocycles. The Balaban J connectivity index is 1.87. The van der Waals surface area contributed by atoms with E-state index >= 15 is 0 Å². The first-order valence-corrected chi connectivity index (χ1v) is 7.17. The molecular formula is C14H21N3O3. The molecule has 110 valence electrons. The second-order valence-corrected chi connectivity index (χ2v) is 5.23. The molecule has 0 spiro atoms. The molecule has 1 aromatic heterocycles. The molecule has 0 unspecified atom stereocenters. The van der Waals surface area contributed by atoms with Crippen molar-refractivity contribution < 1.29 is 14.7 Å². The molecule has 0 bridgehead atoms. The number of carbonyl (C=O) groups excluding carboxylic acids is 1. The van der Waals surface area contributed by atoms with E-state index in [1.807, 2.05) is 4.90 Å². The van der Waals surface area contributed by atoms with E-state index in [1.54, 1.807) is 10.9 Å². The van der Waals surface area contributed by atoms with Gasteiger partial charge in [-0.1, -0.05) is 13.3 Å². The lowest BCUT2D eigenvalue weighted by Gasteiger charge is -2.32. The molecule has 1 aliphatic heterocycles. The summed E-state index contributed by atoms with van der Waals surface area (Å²) in [4.78, 5) is 24.7. The average Bonchev–Trinajstić information content (AvgIpc) is 2.95. The zero-order valence-electron chi connectivity index (χ0n) is 11.8. The van der Waals surface area contributed by atoms with Crippen molar-refractivity contribution >= 4 is 11.9 Å². The van der Waals surface area contributed by atoms with Crippen LogP contribution >= 0.6 is 0 Å². The topological polar surface area (TPSA) is 75.4 Å². The van der Waals surface area contributed by atoms with Crippen molar-refractivity contribution in [1.82, 2.24) is 14.7 Å². The second kappa shape index (κ2) is 6.54. The third-order valence-electron chi connectivity index (χ3n) is 3.78. The smallest absolute Gasteiger partial charge is 0.338 e. The van der Waals surface area contributed by atoms with Gasteiger partial charge in [-0.05, 0) is 19.3 Å². The number of aromatic nitrogens is 2.